The Morgan fingerprint density at radius 1 is 1.28 bits per heavy atom. The number of rotatable bonds is 5. The summed E-state index contributed by atoms with van der Waals surface area (Å²) in [6, 6.07) is 6.48. The Labute approximate surface area is 111 Å². The molecule has 0 amide bonds. The largest absolute Gasteiger partial charge is 0.490 e. The lowest BCUT2D eigenvalue weighted by molar-refractivity contribution is 0.146. The van der Waals surface area contributed by atoms with Gasteiger partial charge in [-0.15, -0.1) is 0 Å². The van der Waals surface area contributed by atoms with E-state index in [-0.39, 0.29) is 6.04 Å². The smallest absolute Gasteiger partial charge is 0.124 e. The van der Waals surface area contributed by atoms with Crippen molar-refractivity contribution < 1.29 is 4.74 Å². The fourth-order valence-electron chi connectivity index (χ4n) is 2.68. The Morgan fingerprint density at radius 3 is 2.89 bits per heavy atom. The molecule has 0 bridgehead atoms. The van der Waals surface area contributed by atoms with Crippen LogP contribution >= 0.6 is 0 Å². The zero-order valence-electron chi connectivity index (χ0n) is 11.6. The number of unbranched alkanes of at least 4 members (excludes halogenated alkanes) is 3. The molecule has 100 valence electrons. The first-order valence-electron chi connectivity index (χ1n) is 7.23. The third-order valence-electron chi connectivity index (χ3n) is 3.75. The zero-order valence-corrected chi connectivity index (χ0v) is 11.6. The molecule has 1 aromatic rings. The molecule has 0 fully saturated rings. The minimum absolute atomic E-state index is 0.143. The molecule has 2 rings (SSSR count). The molecule has 2 atom stereocenters. The average Bonchev–Trinajstić information content (AvgIpc) is 2.36. The van der Waals surface area contributed by atoms with E-state index in [2.05, 4.69) is 32.0 Å². The second kappa shape index (κ2) is 6.24. The number of ether oxygens (including phenoxy) is 1. The van der Waals surface area contributed by atoms with Crippen LogP contribution in [0.4, 0.5) is 0 Å². The van der Waals surface area contributed by atoms with Crippen LogP contribution in [0.3, 0.4) is 0 Å². The van der Waals surface area contributed by atoms with E-state index in [0.29, 0.717) is 6.10 Å². The summed E-state index contributed by atoms with van der Waals surface area (Å²) >= 11 is 0. The van der Waals surface area contributed by atoms with Gasteiger partial charge in [-0.2, -0.15) is 0 Å². The monoisotopic (exact) mass is 247 g/mol. The molecule has 0 spiro atoms. The molecule has 0 aromatic heterocycles. The van der Waals surface area contributed by atoms with Gasteiger partial charge in [-0.25, -0.2) is 0 Å². The van der Waals surface area contributed by atoms with E-state index >= 15 is 0 Å². The van der Waals surface area contributed by atoms with Gasteiger partial charge in [0.05, 0.1) is 0 Å². The lowest BCUT2D eigenvalue weighted by atomic mass is 9.93. The van der Waals surface area contributed by atoms with E-state index in [0.717, 1.165) is 18.6 Å². The Kier molecular flexibility index (Phi) is 4.65. The summed E-state index contributed by atoms with van der Waals surface area (Å²) in [4.78, 5) is 0. The van der Waals surface area contributed by atoms with Gasteiger partial charge in [0, 0.05) is 18.0 Å². The summed E-state index contributed by atoms with van der Waals surface area (Å²) in [5.74, 6) is 1.000. The number of benzene rings is 1. The number of hydrogen-bond donors (Lipinski definition) is 1. The normalized spacial score (nSPS) is 22.4. The molecule has 0 saturated carbocycles. The standard InChI is InChI=1S/C16H25NO/c1-3-4-5-6-7-13-11-15(17)14-10-12(2)8-9-16(14)18-13/h8-10,13,15H,3-7,11,17H2,1-2H3/t13?,15-/m1/s1. The maximum Gasteiger partial charge on any atom is 0.124 e. The van der Waals surface area contributed by atoms with Crippen LogP contribution in [0.2, 0.25) is 0 Å². The molecule has 2 N–H and O–H groups in total. The van der Waals surface area contributed by atoms with Crippen molar-refractivity contribution in [2.45, 2.75) is 64.5 Å². The van der Waals surface area contributed by atoms with Crippen LogP contribution in [0, 0.1) is 6.92 Å². The van der Waals surface area contributed by atoms with Crippen LogP contribution in [0.15, 0.2) is 18.2 Å². The third kappa shape index (κ3) is 3.26. The SMILES string of the molecule is CCCCCCC1C[C@@H](N)c2cc(C)ccc2O1. The summed E-state index contributed by atoms with van der Waals surface area (Å²) in [5.41, 5.74) is 8.69. The van der Waals surface area contributed by atoms with E-state index in [1.165, 1.54) is 36.8 Å². The molecule has 1 aromatic carbocycles. The van der Waals surface area contributed by atoms with Crippen molar-refractivity contribution in [2.75, 3.05) is 0 Å². The van der Waals surface area contributed by atoms with Crippen LogP contribution < -0.4 is 10.5 Å². The van der Waals surface area contributed by atoms with Gasteiger partial charge in [-0.1, -0.05) is 43.9 Å². The van der Waals surface area contributed by atoms with E-state index in [1.54, 1.807) is 0 Å². The van der Waals surface area contributed by atoms with Gasteiger partial charge in [0.2, 0.25) is 0 Å². The van der Waals surface area contributed by atoms with Gasteiger partial charge in [0.1, 0.15) is 11.9 Å². The molecule has 2 nitrogen and oxygen atoms in total. The summed E-state index contributed by atoms with van der Waals surface area (Å²) in [6.07, 6.45) is 7.59. The highest BCUT2D eigenvalue weighted by Gasteiger charge is 2.25. The first-order valence-corrected chi connectivity index (χ1v) is 7.23. The predicted molar refractivity (Wildman–Crippen MR) is 75.9 cm³/mol. The maximum absolute atomic E-state index is 6.26. The zero-order chi connectivity index (χ0) is 13.0. The van der Waals surface area contributed by atoms with Crippen molar-refractivity contribution in [3.8, 4) is 5.75 Å². The molecule has 18 heavy (non-hydrogen) atoms. The van der Waals surface area contributed by atoms with E-state index in [1.807, 2.05) is 0 Å². The molecule has 1 aliphatic heterocycles. The lowest BCUT2D eigenvalue weighted by Gasteiger charge is -2.30. The minimum Gasteiger partial charge on any atom is -0.490 e. The molecule has 1 heterocycles. The van der Waals surface area contributed by atoms with Crippen molar-refractivity contribution in [1.82, 2.24) is 0 Å². The molecule has 0 radical (unpaired) electrons. The van der Waals surface area contributed by atoms with Crippen LogP contribution in [-0.4, -0.2) is 6.10 Å². The van der Waals surface area contributed by atoms with Crippen molar-refractivity contribution >= 4 is 0 Å². The Balaban J connectivity index is 1.93. The van der Waals surface area contributed by atoms with Crippen LogP contribution in [-0.2, 0) is 0 Å². The van der Waals surface area contributed by atoms with Gasteiger partial charge in [-0.05, 0) is 25.8 Å². The summed E-state index contributed by atoms with van der Waals surface area (Å²) in [5, 5.41) is 0. The van der Waals surface area contributed by atoms with Crippen molar-refractivity contribution in [3.05, 3.63) is 29.3 Å². The molecular formula is C16H25NO. The highest BCUT2D eigenvalue weighted by atomic mass is 16.5. The van der Waals surface area contributed by atoms with E-state index in [9.17, 15) is 0 Å². The second-order valence-corrected chi connectivity index (χ2v) is 5.47. The molecule has 1 aliphatic rings. The van der Waals surface area contributed by atoms with Crippen molar-refractivity contribution in [3.63, 3.8) is 0 Å². The van der Waals surface area contributed by atoms with Gasteiger partial charge in [0.25, 0.3) is 0 Å². The molecular weight excluding hydrogens is 222 g/mol. The summed E-state index contributed by atoms with van der Waals surface area (Å²) in [6.45, 7) is 4.34. The van der Waals surface area contributed by atoms with Gasteiger partial charge in [-0.3, -0.25) is 0 Å². The molecule has 0 aliphatic carbocycles. The molecule has 1 unspecified atom stereocenters. The Hall–Kier alpha value is -1.02. The number of nitrogens with two attached hydrogens (primary N) is 1. The first-order chi connectivity index (χ1) is 8.70. The first kappa shape index (κ1) is 13.4. The molecule has 2 heteroatoms. The highest BCUT2D eigenvalue weighted by Crippen LogP contribution is 2.35. The molecule has 0 saturated heterocycles. The predicted octanol–water partition coefficient (Wildman–Crippen LogP) is 4.12. The maximum atomic E-state index is 6.26. The Bertz CT molecular complexity index is 389. The number of aryl methyl sites for hydroxylation is 1. The second-order valence-electron chi connectivity index (χ2n) is 5.47. The number of hydrogen-bond acceptors (Lipinski definition) is 2. The van der Waals surface area contributed by atoms with Crippen LogP contribution in [0.25, 0.3) is 0 Å². The highest BCUT2D eigenvalue weighted by molar-refractivity contribution is 5.40. The van der Waals surface area contributed by atoms with Gasteiger partial charge in [0.15, 0.2) is 0 Å². The van der Waals surface area contributed by atoms with Gasteiger partial charge < -0.3 is 10.5 Å². The van der Waals surface area contributed by atoms with Crippen LogP contribution in [0.5, 0.6) is 5.75 Å². The quantitative estimate of drug-likeness (QED) is 0.794. The average molecular weight is 247 g/mol. The van der Waals surface area contributed by atoms with Crippen molar-refractivity contribution in [2.24, 2.45) is 5.73 Å². The fourth-order valence-corrected chi connectivity index (χ4v) is 2.68. The summed E-state index contributed by atoms with van der Waals surface area (Å²) in [7, 11) is 0. The third-order valence-corrected chi connectivity index (χ3v) is 3.75. The van der Waals surface area contributed by atoms with Crippen LogP contribution in [0.1, 0.15) is 62.6 Å². The van der Waals surface area contributed by atoms with E-state index < -0.39 is 0 Å². The van der Waals surface area contributed by atoms with Crippen molar-refractivity contribution in [1.29, 1.82) is 0 Å². The van der Waals surface area contributed by atoms with Gasteiger partial charge >= 0.3 is 0 Å². The number of fused-ring (bicyclic) bond motifs is 1. The summed E-state index contributed by atoms with van der Waals surface area (Å²) < 4.78 is 6.06. The van der Waals surface area contributed by atoms with E-state index in [4.69, 9.17) is 10.5 Å². The minimum atomic E-state index is 0.143. The Morgan fingerprint density at radius 2 is 2.11 bits per heavy atom. The lowest BCUT2D eigenvalue weighted by Crippen LogP contribution is -2.29. The topological polar surface area (TPSA) is 35.2 Å². The fraction of sp³-hybridized carbons (Fsp3) is 0.625.